The molecule has 5 rings (SSSR count). The van der Waals surface area contributed by atoms with E-state index in [1.807, 2.05) is 24.3 Å². The summed E-state index contributed by atoms with van der Waals surface area (Å²) in [5.41, 5.74) is 3.46. The number of hydrogen-bond donors (Lipinski definition) is 1. The summed E-state index contributed by atoms with van der Waals surface area (Å²) in [6.45, 7) is 0. The van der Waals surface area contributed by atoms with Crippen molar-refractivity contribution in [2.75, 3.05) is 0 Å². The van der Waals surface area contributed by atoms with Crippen molar-refractivity contribution in [2.45, 2.75) is 18.4 Å². The van der Waals surface area contributed by atoms with E-state index in [1.165, 1.54) is 23.3 Å². The second-order valence-corrected chi connectivity index (χ2v) is 7.75. The van der Waals surface area contributed by atoms with Crippen molar-refractivity contribution in [1.82, 2.24) is 4.90 Å². The second-order valence-electron chi connectivity index (χ2n) is 7.32. The fraction of sp³-hybridized carbons (Fsp3) is 0.120. The minimum absolute atomic E-state index is 0.183. The van der Waals surface area contributed by atoms with Gasteiger partial charge in [-0.2, -0.15) is 0 Å². The fourth-order valence-corrected chi connectivity index (χ4v) is 3.90. The Morgan fingerprint density at radius 1 is 0.933 bits per heavy atom. The lowest BCUT2D eigenvalue weighted by atomic mass is 9.92. The fourth-order valence-electron chi connectivity index (χ4n) is 3.77. The lowest BCUT2D eigenvalue weighted by Crippen LogP contribution is -2.55. The summed E-state index contributed by atoms with van der Waals surface area (Å²) in [6, 6.07) is 24.4. The van der Waals surface area contributed by atoms with Crippen LogP contribution in [0.25, 0.3) is 11.1 Å². The highest BCUT2D eigenvalue weighted by molar-refractivity contribution is 6.30. The molecular formula is C25H18ClNO3. The molecule has 1 N–H and O–H groups in total. The number of carbonyl (C=O) groups excluding carboxylic acids is 1. The number of hydrogen-bond acceptors (Lipinski definition) is 2. The zero-order valence-electron chi connectivity index (χ0n) is 16.0. The van der Waals surface area contributed by atoms with Crippen molar-refractivity contribution in [1.29, 1.82) is 0 Å². The van der Waals surface area contributed by atoms with Gasteiger partial charge < -0.3 is 5.11 Å². The number of terminal acetylenes is 1. The summed E-state index contributed by atoms with van der Waals surface area (Å²) in [4.78, 5) is 25.9. The van der Waals surface area contributed by atoms with E-state index in [0.717, 1.165) is 16.0 Å². The van der Waals surface area contributed by atoms with Gasteiger partial charge in [-0.3, -0.25) is 4.79 Å². The highest BCUT2D eigenvalue weighted by Gasteiger charge is 2.50. The van der Waals surface area contributed by atoms with Crippen LogP contribution in [0.4, 0.5) is 0 Å². The van der Waals surface area contributed by atoms with Crippen LogP contribution in [0.2, 0.25) is 5.02 Å². The van der Waals surface area contributed by atoms with Gasteiger partial charge in [0.25, 0.3) is 5.91 Å². The van der Waals surface area contributed by atoms with Crippen LogP contribution in [0.1, 0.15) is 21.5 Å². The largest absolute Gasteiger partial charge is 0.479 e. The van der Waals surface area contributed by atoms with Gasteiger partial charge in [0.2, 0.25) is 0 Å². The molecular weight excluding hydrogens is 398 g/mol. The van der Waals surface area contributed by atoms with E-state index in [2.05, 4.69) is 30.3 Å². The third-order valence-corrected chi connectivity index (χ3v) is 5.70. The van der Waals surface area contributed by atoms with Crippen LogP contribution >= 0.6 is 11.6 Å². The number of rotatable bonds is 3. The van der Waals surface area contributed by atoms with E-state index in [4.69, 9.17) is 18.0 Å². The van der Waals surface area contributed by atoms with Gasteiger partial charge >= 0.3 is 5.97 Å². The van der Waals surface area contributed by atoms with Gasteiger partial charge in [0.05, 0.1) is 0 Å². The number of nitrogens with zero attached hydrogens (tertiary/aromatic N) is 1. The maximum Gasteiger partial charge on any atom is 0.331 e. The number of carbonyl (C=O) groups is 2. The summed E-state index contributed by atoms with van der Waals surface area (Å²) in [6.07, 6.45) is 5.91. The number of carboxylic acids is 1. The van der Waals surface area contributed by atoms with E-state index >= 15 is 0 Å². The minimum Gasteiger partial charge on any atom is -0.479 e. The minimum atomic E-state index is -1.48. The van der Waals surface area contributed by atoms with Crippen LogP contribution in [-0.2, 0) is 17.6 Å². The molecule has 2 aromatic carbocycles. The molecule has 148 valence electrons. The maximum atomic E-state index is 12.8. The molecule has 0 aromatic heterocycles. The summed E-state index contributed by atoms with van der Waals surface area (Å²) in [5.74, 6) is -1.64. The van der Waals surface area contributed by atoms with Crippen molar-refractivity contribution in [2.24, 2.45) is 0 Å². The molecule has 0 aliphatic heterocycles. The number of aliphatic carboxylic acids is 1. The first kappa shape index (κ1) is 19.8. The first-order chi connectivity index (χ1) is 14.4. The Labute approximate surface area is 179 Å². The number of amides is 1. The van der Waals surface area contributed by atoms with Gasteiger partial charge in [0.15, 0.2) is 5.54 Å². The zero-order valence-corrected chi connectivity index (χ0v) is 16.8. The van der Waals surface area contributed by atoms with Gasteiger partial charge in [0, 0.05) is 29.5 Å². The molecule has 30 heavy (non-hydrogen) atoms. The second kappa shape index (κ2) is 7.70. The summed E-state index contributed by atoms with van der Waals surface area (Å²) >= 11 is 5.84. The lowest BCUT2D eigenvalue weighted by molar-refractivity contribution is -0.147. The number of fused-ring (bicyclic) bond motifs is 2. The van der Waals surface area contributed by atoms with Crippen LogP contribution in [0.3, 0.4) is 0 Å². The van der Waals surface area contributed by atoms with Gasteiger partial charge in [0.1, 0.15) is 0 Å². The molecule has 3 aliphatic rings. The molecule has 0 unspecified atom stereocenters. The third kappa shape index (κ3) is 3.56. The summed E-state index contributed by atoms with van der Waals surface area (Å²) in [5, 5.41) is 10.4. The molecule has 0 radical (unpaired) electrons. The van der Waals surface area contributed by atoms with E-state index in [0.29, 0.717) is 10.6 Å². The Hall–Kier alpha value is -3.55. The van der Waals surface area contributed by atoms with Crippen LogP contribution in [0.15, 0.2) is 72.8 Å². The normalized spacial score (nSPS) is 13.9. The molecule has 0 saturated heterocycles. The molecule has 0 fully saturated rings. The maximum absolute atomic E-state index is 12.8. The predicted molar refractivity (Wildman–Crippen MR) is 116 cm³/mol. The summed E-state index contributed by atoms with van der Waals surface area (Å²) in [7, 11) is 0. The van der Waals surface area contributed by atoms with E-state index in [1.54, 1.807) is 12.1 Å². The lowest BCUT2D eigenvalue weighted by Gasteiger charge is -2.33. The molecule has 1 amide bonds. The van der Waals surface area contributed by atoms with Crippen LogP contribution in [-0.4, -0.2) is 27.4 Å². The first-order valence-corrected chi connectivity index (χ1v) is 9.79. The van der Waals surface area contributed by atoms with Gasteiger partial charge in [-0.05, 0) is 52.6 Å². The molecule has 5 heteroatoms. The summed E-state index contributed by atoms with van der Waals surface area (Å²) < 4.78 is 0. The Balaban J connectivity index is 0.000000305. The van der Waals surface area contributed by atoms with E-state index < -0.39 is 17.4 Å². The van der Waals surface area contributed by atoms with E-state index in [9.17, 15) is 14.7 Å². The average Bonchev–Trinajstić information content (AvgIpc) is 3.16. The topological polar surface area (TPSA) is 57.6 Å². The average molecular weight is 416 g/mol. The molecule has 0 bridgehead atoms. The predicted octanol–water partition coefficient (Wildman–Crippen LogP) is 4.66. The van der Waals surface area contributed by atoms with Crippen molar-refractivity contribution in [3.05, 3.63) is 94.5 Å². The quantitative estimate of drug-likeness (QED) is 0.391. The SMILES string of the molecule is C#CN(C(=O)c1ccc(Cl)cc1)C1(C(=O)O)Cc2ccccc2C1.c1cc2cc-2c1. The molecule has 0 atom stereocenters. The number of halogens is 1. The Morgan fingerprint density at radius 3 is 1.90 bits per heavy atom. The smallest absolute Gasteiger partial charge is 0.331 e. The Kier molecular flexibility index (Phi) is 5.07. The van der Waals surface area contributed by atoms with Crippen molar-refractivity contribution in [3.8, 4) is 23.6 Å². The monoisotopic (exact) mass is 415 g/mol. The van der Waals surface area contributed by atoms with Gasteiger partial charge in [-0.1, -0.05) is 60.5 Å². The van der Waals surface area contributed by atoms with Crippen LogP contribution < -0.4 is 0 Å². The third-order valence-electron chi connectivity index (χ3n) is 5.45. The molecule has 3 aliphatic carbocycles. The van der Waals surface area contributed by atoms with Crippen molar-refractivity contribution < 1.29 is 14.7 Å². The Bertz CT molecular complexity index is 1140. The molecule has 2 aromatic rings. The number of carboxylic acid groups (broad SMARTS) is 1. The van der Waals surface area contributed by atoms with Gasteiger partial charge in [-0.15, -0.1) is 0 Å². The van der Waals surface area contributed by atoms with Crippen molar-refractivity contribution in [3.63, 3.8) is 0 Å². The standard InChI is InChI=1S/C19H14ClNO3.C6H4/c1-2-21(17(22)13-7-9-16(20)10-8-13)19(18(23)24)11-14-5-3-4-6-15(14)12-19;1-2-5-4-6(5)3-1/h1,3-10H,11-12H2,(H,23,24);1-4H. The van der Waals surface area contributed by atoms with Crippen LogP contribution in [0, 0.1) is 12.5 Å². The zero-order chi connectivity index (χ0) is 21.3. The van der Waals surface area contributed by atoms with Gasteiger partial charge in [-0.25, -0.2) is 9.69 Å². The van der Waals surface area contributed by atoms with Crippen molar-refractivity contribution >= 4 is 23.5 Å². The van der Waals surface area contributed by atoms with Crippen LogP contribution in [0.5, 0.6) is 0 Å². The first-order valence-electron chi connectivity index (χ1n) is 9.41. The number of benzene rings is 3. The molecule has 0 saturated carbocycles. The molecule has 0 spiro atoms. The Morgan fingerprint density at radius 2 is 1.50 bits per heavy atom. The highest BCUT2D eigenvalue weighted by atomic mass is 35.5. The van der Waals surface area contributed by atoms with E-state index in [-0.39, 0.29) is 12.8 Å². The highest BCUT2D eigenvalue weighted by Crippen LogP contribution is 2.36. The molecule has 4 nitrogen and oxygen atoms in total. The molecule has 0 heterocycles.